The number of nitrogens with zero attached hydrogens (tertiary/aromatic N) is 2. The fraction of sp³-hybridized carbons (Fsp3) is 0.143. The minimum atomic E-state index is -1.10. The van der Waals surface area contributed by atoms with Crippen molar-refractivity contribution in [3.63, 3.8) is 0 Å². The van der Waals surface area contributed by atoms with Crippen molar-refractivity contribution in [1.29, 1.82) is 0 Å². The number of carboxylic acid groups (broad SMARTS) is 1. The number of carbonyl (C=O) groups is 2. The van der Waals surface area contributed by atoms with Crippen LogP contribution in [0.1, 0.15) is 23.0 Å². The van der Waals surface area contributed by atoms with Crippen LogP contribution in [0.15, 0.2) is 36.8 Å². The van der Waals surface area contributed by atoms with Crippen LogP contribution in [0.2, 0.25) is 0 Å². The summed E-state index contributed by atoms with van der Waals surface area (Å²) >= 11 is 0. The monoisotopic (exact) mass is 287 g/mol. The number of nitrogens with one attached hydrogen (secondary N) is 1. The zero-order chi connectivity index (χ0) is 15.2. The summed E-state index contributed by atoms with van der Waals surface area (Å²) in [5, 5.41) is 11.6. The molecule has 7 heteroatoms. The Morgan fingerprint density at radius 3 is 2.62 bits per heavy atom. The minimum Gasteiger partial charge on any atom is -0.487 e. The van der Waals surface area contributed by atoms with E-state index < -0.39 is 5.97 Å². The van der Waals surface area contributed by atoms with Gasteiger partial charge in [0.2, 0.25) is 5.91 Å². The number of ether oxygens (including phenoxy) is 1. The Bertz CT molecular complexity index is 656. The first-order valence-corrected chi connectivity index (χ1v) is 6.09. The maximum atomic E-state index is 11.0. The molecule has 2 rings (SSSR count). The van der Waals surface area contributed by atoms with E-state index in [1.165, 1.54) is 19.4 Å². The third-order valence-electron chi connectivity index (χ3n) is 2.58. The van der Waals surface area contributed by atoms with Crippen LogP contribution in [-0.2, 0) is 11.4 Å². The fourth-order valence-electron chi connectivity index (χ4n) is 1.64. The molecule has 21 heavy (non-hydrogen) atoms. The van der Waals surface area contributed by atoms with Gasteiger partial charge in [-0.3, -0.25) is 4.79 Å². The predicted octanol–water partition coefficient (Wildman–Crippen LogP) is 1.71. The van der Waals surface area contributed by atoms with E-state index in [9.17, 15) is 9.59 Å². The number of anilines is 1. The van der Waals surface area contributed by atoms with E-state index in [0.717, 1.165) is 0 Å². The highest BCUT2D eigenvalue weighted by molar-refractivity contribution is 5.89. The topological polar surface area (TPSA) is 101 Å². The van der Waals surface area contributed by atoms with Crippen LogP contribution in [0.3, 0.4) is 0 Å². The van der Waals surface area contributed by atoms with Crippen molar-refractivity contribution in [2.24, 2.45) is 0 Å². The highest BCUT2D eigenvalue weighted by Crippen LogP contribution is 2.17. The van der Waals surface area contributed by atoms with Crippen molar-refractivity contribution >= 4 is 17.6 Å². The first-order valence-electron chi connectivity index (χ1n) is 6.09. The Morgan fingerprint density at radius 2 is 2.00 bits per heavy atom. The molecule has 2 N–H and O–H groups in total. The quantitative estimate of drug-likeness (QED) is 0.868. The van der Waals surface area contributed by atoms with Gasteiger partial charge in [-0.25, -0.2) is 14.8 Å². The number of amides is 1. The maximum absolute atomic E-state index is 11.0. The average Bonchev–Trinajstić information content (AvgIpc) is 2.46. The molecule has 0 aliphatic carbocycles. The Balaban J connectivity index is 2.03. The Morgan fingerprint density at radius 1 is 1.29 bits per heavy atom. The molecule has 0 saturated heterocycles. The lowest BCUT2D eigenvalue weighted by atomic mass is 10.2. The molecule has 0 radical (unpaired) electrons. The molecule has 1 amide bonds. The summed E-state index contributed by atoms with van der Waals surface area (Å²) in [7, 11) is 0. The molecular weight excluding hydrogens is 274 g/mol. The van der Waals surface area contributed by atoms with Crippen molar-refractivity contribution in [3.05, 3.63) is 48.0 Å². The average molecular weight is 287 g/mol. The number of rotatable bonds is 5. The zero-order valence-electron chi connectivity index (χ0n) is 11.2. The van der Waals surface area contributed by atoms with Gasteiger partial charge in [-0.15, -0.1) is 0 Å². The van der Waals surface area contributed by atoms with Gasteiger partial charge >= 0.3 is 5.97 Å². The van der Waals surface area contributed by atoms with Crippen molar-refractivity contribution in [3.8, 4) is 5.75 Å². The second-order valence-electron chi connectivity index (χ2n) is 4.18. The molecule has 0 saturated carbocycles. The molecule has 0 bridgehead atoms. The molecule has 1 aromatic carbocycles. The van der Waals surface area contributed by atoms with Crippen LogP contribution in [0.4, 0.5) is 5.69 Å². The molecule has 0 fully saturated rings. The lowest BCUT2D eigenvalue weighted by Gasteiger charge is -2.08. The van der Waals surface area contributed by atoms with Crippen LogP contribution in [0.25, 0.3) is 0 Å². The van der Waals surface area contributed by atoms with Gasteiger partial charge in [0, 0.05) is 18.8 Å². The third-order valence-corrected chi connectivity index (χ3v) is 2.58. The summed E-state index contributed by atoms with van der Waals surface area (Å²) in [4.78, 5) is 29.5. The van der Waals surface area contributed by atoms with E-state index in [0.29, 0.717) is 17.1 Å². The van der Waals surface area contributed by atoms with Gasteiger partial charge in [-0.1, -0.05) is 0 Å². The molecule has 2 aromatic rings. The first kappa shape index (κ1) is 14.4. The smallest absolute Gasteiger partial charge is 0.339 e. The summed E-state index contributed by atoms with van der Waals surface area (Å²) in [6.07, 6.45) is 2.50. The summed E-state index contributed by atoms with van der Waals surface area (Å²) in [6, 6.07) is 6.73. The molecule has 0 atom stereocenters. The van der Waals surface area contributed by atoms with Crippen molar-refractivity contribution in [1.82, 2.24) is 9.97 Å². The number of carbonyl (C=O) groups excluding carboxylic acids is 1. The van der Waals surface area contributed by atoms with Gasteiger partial charge in [0.25, 0.3) is 0 Å². The van der Waals surface area contributed by atoms with Crippen molar-refractivity contribution < 1.29 is 19.4 Å². The van der Waals surface area contributed by atoms with Crippen LogP contribution in [0, 0.1) is 0 Å². The normalized spacial score (nSPS) is 9.95. The maximum Gasteiger partial charge on any atom is 0.339 e. The van der Waals surface area contributed by atoms with E-state index in [2.05, 4.69) is 15.3 Å². The van der Waals surface area contributed by atoms with E-state index in [1.807, 2.05) is 0 Å². The van der Waals surface area contributed by atoms with Gasteiger partial charge < -0.3 is 15.2 Å². The summed E-state index contributed by atoms with van der Waals surface area (Å²) in [5.74, 6) is -0.718. The van der Waals surface area contributed by atoms with E-state index in [1.54, 1.807) is 24.3 Å². The molecule has 1 aromatic heterocycles. The van der Waals surface area contributed by atoms with Gasteiger partial charge in [-0.05, 0) is 24.3 Å². The molecule has 0 aliphatic rings. The van der Waals surface area contributed by atoms with E-state index in [4.69, 9.17) is 9.84 Å². The van der Waals surface area contributed by atoms with Crippen LogP contribution >= 0.6 is 0 Å². The number of benzene rings is 1. The molecule has 0 spiro atoms. The Kier molecular flexibility index (Phi) is 4.45. The molecule has 1 heterocycles. The van der Waals surface area contributed by atoms with Crippen LogP contribution < -0.4 is 10.1 Å². The predicted molar refractivity (Wildman–Crippen MR) is 74.1 cm³/mol. The van der Waals surface area contributed by atoms with Crippen molar-refractivity contribution in [2.45, 2.75) is 13.5 Å². The lowest BCUT2D eigenvalue weighted by molar-refractivity contribution is -0.114. The Labute approximate surface area is 120 Å². The number of hydrogen-bond donors (Lipinski definition) is 2. The minimum absolute atomic E-state index is 0.00682. The highest BCUT2D eigenvalue weighted by atomic mass is 16.5. The zero-order valence-corrected chi connectivity index (χ0v) is 11.2. The fourth-order valence-corrected chi connectivity index (χ4v) is 1.64. The Hall–Kier alpha value is -2.96. The number of aromatic carboxylic acids is 1. The highest BCUT2D eigenvalue weighted by Gasteiger charge is 2.11. The number of carboxylic acids is 1. The standard InChI is InChI=1S/C14H13N3O4/c1-9(18)17-10-2-4-11(5-3-10)21-7-13-12(14(19)20)6-15-8-16-13/h2-6,8H,7H2,1H3,(H,17,18)(H,19,20). The van der Waals surface area contributed by atoms with E-state index in [-0.39, 0.29) is 18.1 Å². The van der Waals surface area contributed by atoms with Gasteiger partial charge in [0.15, 0.2) is 0 Å². The second-order valence-corrected chi connectivity index (χ2v) is 4.18. The SMILES string of the molecule is CC(=O)Nc1ccc(OCc2ncncc2C(=O)O)cc1. The number of hydrogen-bond acceptors (Lipinski definition) is 5. The van der Waals surface area contributed by atoms with Crippen LogP contribution in [-0.4, -0.2) is 27.0 Å². The molecular formula is C14H13N3O4. The molecule has 108 valence electrons. The van der Waals surface area contributed by atoms with E-state index >= 15 is 0 Å². The number of aromatic nitrogens is 2. The molecule has 7 nitrogen and oxygen atoms in total. The first-order chi connectivity index (χ1) is 10.1. The molecule has 0 aliphatic heterocycles. The summed E-state index contributed by atoms with van der Waals surface area (Å²) < 4.78 is 5.48. The molecule has 0 unspecified atom stereocenters. The largest absolute Gasteiger partial charge is 0.487 e. The summed E-state index contributed by atoms with van der Waals surface area (Å²) in [5.41, 5.74) is 0.957. The third kappa shape index (κ3) is 4.00. The van der Waals surface area contributed by atoms with Gasteiger partial charge in [0.05, 0.1) is 5.69 Å². The van der Waals surface area contributed by atoms with Crippen molar-refractivity contribution in [2.75, 3.05) is 5.32 Å². The van der Waals surface area contributed by atoms with Gasteiger partial charge in [-0.2, -0.15) is 0 Å². The van der Waals surface area contributed by atoms with Gasteiger partial charge in [0.1, 0.15) is 24.2 Å². The van der Waals surface area contributed by atoms with Crippen LogP contribution in [0.5, 0.6) is 5.75 Å². The second kappa shape index (κ2) is 6.47. The lowest BCUT2D eigenvalue weighted by Crippen LogP contribution is -2.08. The summed E-state index contributed by atoms with van der Waals surface area (Å²) in [6.45, 7) is 1.44.